The molecule has 0 atom stereocenters. The molecule has 3 nitrogen and oxygen atoms in total. The van der Waals surface area contributed by atoms with E-state index in [-0.39, 0.29) is 5.82 Å². The lowest BCUT2D eigenvalue weighted by Crippen LogP contribution is -2.16. The van der Waals surface area contributed by atoms with Crippen molar-refractivity contribution >= 4 is 0 Å². The zero-order valence-corrected chi connectivity index (χ0v) is 11.8. The second-order valence-corrected chi connectivity index (χ2v) is 4.80. The molecule has 2 rings (SSSR count). The molecular weight excluding hydrogens is 253 g/mol. The minimum atomic E-state index is -0.188. The Kier molecular flexibility index (Phi) is 5.07. The molecule has 1 aromatic heterocycles. The molecule has 2 aromatic rings. The van der Waals surface area contributed by atoms with Gasteiger partial charge in [0.05, 0.1) is 12.2 Å². The molecule has 0 saturated heterocycles. The highest BCUT2D eigenvalue weighted by Gasteiger charge is 2.03. The molecule has 1 aromatic carbocycles. The number of nitrogens with zero attached hydrogens (tertiary/aromatic N) is 2. The van der Waals surface area contributed by atoms with Gasteiger partial charge in [-0.1, -0.05) is 18.2 Å². The van der Waals surface area contributed by atoms with Crippen molar-refractivity contribution < 1.29 is 4.39 Å². The van der Waals surface area contributed by atoms with E-state index in [2.05, 4.69) is 17.0 Å². The van der Waals surface area contributed by atoms with Crippen LogP contribution >= 0.6 is 0 Å². The van der Waals surface area contributed by atoms with Gasteiger partial charge in [0.2, 0.25) is 0 Å². The maximum Gasteiger partial charge on any atom is 0.123 e. The predicted octanol–water partition coefficient (Wildman–Crippen LogP) is 2.85. The van der Waals surface area contributed by atoms with Crippen LogP contribution in [-0.2, 0) is 19.5 Å². The summed E-state index contributed by atoms with van der Waals surface area (Å²) in [7, 11) is 0. The third kappa shape index (κ3) is 4.03. The van der Waals surface area contributed by atoms with Crippen molar-refractivity contribution in [3.63, 3.8) is 0 Å². The number of nitrogens with one attached hydrogen (secondary N) is 1. The summed E-state index contributed by atoms with van der Waals surface area (Å²) in [5.41, 5.74) is 3.38. The number of benzene rings is 1. The number of allylic oxidation sites excluding steroid dienone is 1. The van der Waals surface area contributed by atoms with Crippen molar-refractivity contribution in [1.82, 2.24) is 15.1 Å². The summed E-state index contributed by atoms with van der Waals surface area (Å²) in [5.74, 6) is -0.188. The van der Waals surface area contributed by atoms with Gasteiger partial charge in [-0.3, -0.25) is 4.68 Å². The third-order valence-corrected chi connectivity index (χ3v) is 3.18. The molecule has 0 amide bonds. The number of hydrogen-bond acceptors (Lipinski definition) is 2. The second kappa shape index (κ2) is 7.01. The van der Waals surface area contributed by atoms with E-state index in [0.29, 0.717) is 0 Å². The highest BCUT2D eigenvalue weighted by Crippen LogP contribution is 2.06. The van der Waals surface area contributed by atoms with E-state index in [1.165, 1.54) is 17.7 Å². The lowest BCUT2D eigenvalue weighted by molar-refractivity contribution is 0.626. The van der Waals surface area contributed by atoms with Gasteiger partial charge in [-0.15, -0.1) is 6.58 Å². The summed E-state index contributed by atoms with van der Waals surface area (Å²) in [4.78, 5) is 0. The van der Waals surface area contributed by atoms with Crippen LogP contribution in [0.15, 0.2) is 43.1 Å². The summed E-state index contributed by atoms with van der Waals surface area (Å²) in [6, 6.07) is 6.65. The Balaban J connectivity index is 1.78. The van der Waals surface area contributed by atoms with Crippen molar-refractivity contribution in [1.29, 1.82) is 0 Å². The summed E-state index contributed by atoms with van der Waals surface area (Å²) in [5, 5.41) is 7.80. The van der Waals surface area contributed by atoms with Crippen LogP contribution in [0.2, 0.25) is 0 Å². The summed E-state index contributed by atoms with van der Waals surface area (Å²) in [6.07, 6.45) is 4.76. The smallest absolute Gasteiger partial charge is 0.123 e. The Morgan fingerprint density at radius 3 is 2.80 bits per heavy atom. The fourth-order valence-corrected chi connectivity index (χ4v) is 2.07. The second-order valence-electron chi connectivity index (χ2n) is 4.80. The Bertz CT molecular complexity index is 558. The average molecular weight is 273 g/mol. The standard InChI is InChI=1S/C16H20FN3/c1-3-10-20-12-15(13(2)19-20)11-18-9-8-14-4-6-16(17)7-5-14/h3-7,12,18H,1,8-11H2,2H3. The number of rotatable bonds is 7. The van der Waals surface area contributed by atoms with E-state index in [9.17, 15) is 4.39 Å². The molecule has 20 heavy (non-hydrogen) atoms. The van der Waals surface area contributed by atoms with Gasteiger partial charge in [0.1, 0.15) is 5.82 Å². The predicted molar refractivity (Wildman–Crippen MR) is 79.0 cm³/mol. The Morgan fingerprint density at radius 2 is 2.10 bits per heavy atom. The minimum absolute atomic E-state index is 0.188. The van der Waals surface area contributed by atoms with Crippen LogP contribution in [0, 0.1) is 12.7 Å². The Hall–Kier alpha value is -1.94. The normalized spacial score (nSPS) is 10.7. The highest BCUT2D eigenvalue weighted by molar-refractivity contribution is 5.17. The molecule has 0 spiro atoms. The molecule has 0 fully saturated rings. The van der Waals surface area contributed by atoms with E-state index in [4.69, 9.17) is 0 Å². The molecule has 1 N–H and O–H groups in total. The van der Waals surface area contributed by atoms with Gasteiger partial charge in [0.25, 0.3) is 0 Å². The van der Waals surface area contributed by atoms with Crippen molar-refractivity contribution in [2.24, 2.45) is 0 Å². The van der Waals surface area contributed by atoms with Crippen LogP contribution in [0.5, 0.6) is 0 Å². The average Bonchev–Trinajstić information content (AvgIpc) is 2.77. The van der Waals surface area contributed by atoms with Crippen molar-refractivity contribution in [3.05, 3.63) is 65.8 Å². The maximum atomic E-state index is 12.8. The van der Waals surface area contributed by atoms with Crippen LogP contribution in [0.25, 0.3) is 0 Å². The molecule has 0 bridgehead atoms. The van der Waals surface area contributed by atoms with Crippen molar-refractivity contribution in [2.45, 2.75) is 26.4 Å². The monoisotopic (exact) mass is 273 g/mol. The van der Waals surface area contributed by atoms with E-state index in [1.54, 1.807) is 0 Å². The molecule has 1 heterocycles. The SMILES string of the molecule is C=CCn1cc(CNCCc2ccc(F)cc2)c(C)n1. The van der Waals surface area contributed by atoms with Gasteiger partial charge >= 0.3 is 0 Å². The highest BCUT2D eigenvalue weighted by atomic mass is 19.1. The largest absolute Gasteiger partial charge is 0.312 e. The zero-order chi connectivity index (χ0) is 14.4. The summed E-state index contributed by atoms with van der Waals surface area (Å²) in [6.45, 7) is 8.10. The number of aryl methyl sites for hydroxylation is 1. The first-order valence-corrected chi connectivity index (χ1v) is 6.78. The van der Waals surface area contributed by atoms with Crippen LogP contribution in [0.1, 0.15) is 16.8 Å². The Labute approximate surface area is 119 Å². The topological polar surface area (TPSA) is 29.9 Å². The van der Waals surface area contributed by atoms with E-state index >= 15 is 0 Å². The van der Waals surface area contributed by atoms with Crippen LogP contribution < -0.4 is 5.32 Å². The van der Waals surface area contributed by atoms with Crippen LogP contribution in [0.4, 0.5) is 4.39 Å². The third-order valence-electron chi connectivity index (χ3n) is 3.18. The first-order chi connectivity index (χ1) is 9.69. The van der Waals surface area contributed by atoms with E-state index in [1.807, 2.05) is 36.0 Å². The van der Waals surface area contributed by atoms with Crippen molar-refractivity contribution in [3.8, 4) is 0 Å². The zero-order valence-electron chi connectivity index (χ0n) is 11.8. The lowest BCUT2D eigenvalue weighted by Gasteiger charge is -2.04. The molecule has 0 aliphatic heterocycles. The first-order valence-electron chi connectivity index (χ1n) is 6.78. The molecule has 106 valence electrons. The fraction of sp³-hybridized carbons (Fsp3) is 0.312. The Morgan fingerprint density at radius 1 is 1.35 bits per heavy atom. The van der Waals surface area contributed by atoms with Crippen LogP contribution in [-0.4, -0.2) is 16.3 Å². The molecule has 0 radical (unpaired) electrons. The molecule has 0 aliphatic carbocycles. The molecule has 4 heteroatoms. The lowest BCUT2D eigenvalue weighted by atomic mass is 10.1. The van der Waals surface area contributed by atoms with E-state index in [0.717, 1.165) is 37.3 Å². The first kappa shape index (κ1) is 14.5. The number of hydrogen-bond donors (Lipinski definition) is 1. The van der Waals surface area contributed by atoms with Gasteiger partial charge in [0.15, 0.2) is 0 Å². The summed E-state index contributed by atoms with van der Waals surface area (Å²) >= 11 is 0. The van der Waals surface area contributed by atoms with Gasteiger partial charge in [-0.2, -0.15) is 5.10 Å². The molecule has 0 saturated carbocycles. The molecular formula is C16H20FN3. The minimum Gasteiger partial charge on any atom is -0.312 e. The fourth-order valence-electron chi connectivity index (χ4n) is 2.07. The molecule has 0 unspecified atom stereocenters. The van der Waals surface area contributed by atoms with Crippen molar-refractivity contribution in [2.75, 3.05) is 6.54 Å². The van der Waals surface area contributed by atoms with Crippen LogP contribution in [0.3, 0.4) is 0 Å². The molecule has 0 aliphatic rings. The number of aromatic nitrogens is 2. The van der Waals surface area contributed by atoms with E-state index < -0.39 is 0 Å². The van der Waals surface area contributed by atoms with Gasteiger partial charge in [0, 0.05) is 18.3 Å². The van der Waals surface area contributed by atoms with Gasteiger partial charge < -0.3 is 5.32 Å². The maximum absolute atomic E-state index is 12.8. The quantitative estimate of drug-likeness (QED) is 0.621. The van der Waals surface area contributed by atoms with Gasteiger partial charge in [-0.25, -0.2) is 4.39 Å². The number of halogens is 1. The summed E-state index contributed by atoms with van der Waals surface area (Å²) < 4.78 is 14.7. The van der Waals surface area contributed by atoms with Gasteiger partial charge in [-0.05, 0) is 37.6 Å².